The van der Waals surface area contributed by atoms with Crippen molar-refractivity contribution >= 4 is 17.3 Å². The Bertz CT molecular complexity index is 850. The predicted octanol–water partition coefficient (Wildman–Crippen LogP) is 3.62. The van der Waals surface area contributed by atoms with Gasteiger partial charge in [0.25, 0.3) is 0 Å². The first-order chi connectivity index (χ1) is 13.1. The number of benzene rings is 1. The zero-order chi connectivity index (χ0) is 19.4. The Morgan fingerprint density at radius 3 is 2.67 bits per heavy atom. The fourth-order valence-electron chi connectivity index (χ4n) is 3.44. The summed E-state index contributed by atoms with van der Waals surface area (Å²) in [5, 5.41) is 0. The number of rotatable bonds is 6. The van der Waals surface area contributed by atoms with Crippen LogP contribution in [0.25, 0.3) is 5.57 Å². The molecule has 0 fully saturated rings. The Morgan fingerprint density at radius 2 is 2.04 bits per heavy atom. The molecule has 0 saturated heterocycles. The van der Waals surface area contributed by atoms with Gasteiger partial charge in [0.15, 0.2) is 5.78 Å². The van der Waals surface area contributed by atoms with Gasteiger partial charge in [0.05, 0.1) is 27.1 Å². The quantitative estimate of drug-likeness (QED) is 0.571. The summed E-state index contributed by atoms with van der Waals surface area (Å²) in [4.78, 5) is 25.4. The van der Waals surface area contributed by atoms with Crippen LogP contribution in [0.4, 0.5) is 0 Å². The molecule has 1 aromatic heterocycles. The lowest BCUT2D eigenvalue weighted by Crippen LogP contribution is -2.34. The second kappa shape index (κ2) is 8.12. The van der Waals surface area contributed by atoms with Crippen LogP contribution < -0.4 is 9.47 Å². The minimum Gasteiger partial charge on any atom is -0.497 e. The number of furan rings is 1. The number of carbonyl (C=O) groups is 2. The molecular weight excluding hydrogens is 348 g/mol. The smallest absolute Gasteiger partial charge is 0.317 e. The van der Waals surface area contributed by atoms with E-state index in [1.54, 1.807) is 57.7 Å². The van der Waals surface area contributed by atoms with Gasteiger partial charge in [0.2, 0.25) is 0 Å². The Kier molecular flexibility index (Phi) is 5.64. The van der Waals surface area contributed by atoms with Gasteiger partial charge in [-0.15, -0.1) is 0 Å². The summed E-state index contributed by atoms with van der Waals surface area (Å²) >= 11 is 0. The number of methoxy groups -OCH3 is 2. The summed E-state index contributed by atoms with van der Waals surface area (Å²) in [6.07, 6.45) is 3.47. The highest BCUT2D eigenvalue weighted by Crippen LogP contribution is 2.44. The van der Waals surface area contributed by atoms with Crippen molar-refractivity contribution in [2.75, 3.05) is 20.8 Å². The molecule has 0 radical (unpaired) electrons. The number of ether oxygens (including phenoxy) is 3. The molecular formula is C21H22O6. The molecule has 1 aliphatic carbocycles. The maximum Gasteiger partial charge on any atom is 0.317 e. The Morgan fingerprint density at radius 1 is 1.22 bits per heavy atom. The molecule has 0 unspecified atom stereocenters. The van der Waals surface area contributed by atoms with Crippen molar-refractivity contribution in [3.63, 3.8) is 0 Å². The second-order valence-electron chi connectivity index (χ2n) is 6.20. The van der Waals surface area contributed by atoms with Gasteiger partial charge in [-0.2, -0.15) is 0 Å². The third kappa shape index (κ3) is 3.74. The van der Waals surface area contributed by atoms with E-state index in [0.29, 0.717) is 23.7 Å². The van der Waals surface area contributed by atoms with Crippen LogP contribution in [0.1, 0.15) is 30.6 Å². The maximum atomic E-state index is 12.9. The van der Waals surface area contributed by atoms with Crippen LogP contribution in [0.5, 0.6) is 11.5 Å². The van der Waals surface area contributed by atoms with E-state index in [9.17, 15) is 9.59 Å². The lowest BCUT2D eigenvalue weighted by Gasteiger charge is -2.30. The largest absolute Gasteiger partial charge is 0.497 e. The van der Waals surface area contributed by atoms with Gasteiger partial charge in [0, 0.05) is 11.5 Å². The highest BCUT2D eigenvalue weighted by atomic mass is 16.5. The zero-order valence-electron chi connectivity index (χ0n) is 15.6. The number of esters is 1. The fourth-order valence-corrected chi connectivity index (χ4v) is 3.44. The van der Waals surface area contributed by atoms with Crippen LogP contribution in [0.15, 0.2) is 47.1 Å². The number of hydrogen-bond donors (Lipinski definition) is 0. The van der Waals surface area contributed by atoms with Crippen LogP contribution in [-0.2, 0) is 14.3 Å². The summed E-state index contributed by atoms with van der Waals surface area (Å²) in [7, 11) is 3.12. The predicted molar refractivity (Wildman–Crippen MR) is 98.7 cm³/mol. The molecule has 1 aromatic carbocycles. The average molecular weight is 370 g/mol. The van der Waals surface area contributed by atoms with E-state index in [1.165, 1.54) is 6.08 Å². The van der Waals surface area contributed by atoms with Gasteiger partial charge < -0.3 is 18.6 Å². The topological polar surface area (TPSA) is 75.0 Å². The Hall–Kier alpha value is -3.02. The molecule has 0 saturated carbocycles. The van der Waals surface area contributed by atoms with E-state index >= 15 is 0 Å². The molecule has 1 heterocycles. The van der Waals surface area contributed by atoms with E-state index in [2.05, 4.69) is 0 Å². The van der Waals surface area contributed by atoms with Crippen LogP contribution in [0, 0.1) is 5.92 Å². The first-order valence-corrected chi connectivity index (χ1v) is 8.75. The van der Waals surface area contributed by atoms with Crippen molar-refractivity contribution in [3.8, 4) is 11.5 Å². The van der Waals surface area contributed by atoms with Crippen LogP contribution in [0.3, 0.4) is 0 Å². The van der Waals surface area contributed by atoms with E-state index in [4.69, 9.17) is 18.6 Å². The van der Waals surface area contributed by atoms with Crippen molar-refractivity contribution < 1.29 is 28.2 Å². The van der Waals surface area contributed by atoms with Crippen molar-refractivity contribution in [3.05, 3.63) is 54.0 Å². The van der Waals surface area contributed by atoms with E-state index < -0.39 is 17.8 Å². The van der Waals surface area contributed by atoms with Gasteiger partial charge in [-0.05, 0) is 55.3 Å². The number of ketones is 1. The molecule has 0 aliphatic heterocycles. The van der Waals surface area contributed by atoms with Crippen LogP contribution >= 0.6 is 0 Å². The molecule has 6 heteroatoms. The van der Waals surface area contributed by atoms with Gasteiger partial charge in [-0.1, -0.05) is 0 Å². The lowest BCUT2D eigenvalue weighted by molar-refractivity contribution is -0.151. The summed E-state index contributed by atoms with van der Waals surface area (Å²) in [6.45, 7) is 1.93. The van der Waals surface area contributed by atoms with E-state index in [0.717, 1.165) is 11.1 Å². The summed E-state index contributed by atoms with van der Waals surface area (Å²) < 4.78 is 21.4. The van der Waals surface area contributed by atoms with Gasteiger partial charge >= 0.3 is 5.97 Å². The number of carbonyl (C=O) groups excluding carboxylic acids is 2. The number of allylic oxidation sites excluding steroid dienone is 2. The summed E-state index contributed by atoms with van der Waals surface area (Å²) in [5.74, 6) is -0.416. The van der Waals surface area contributed by atoms with Crippen LogP contribution in [0.2, 0.25) is 0 Å². The fraction of sp³-hybridized carbons (Fsp3) is 0.333. The molecule has 2 atom stereocenters. The minimum absolute atomic E-state index is 0.208. The molecule has 142 valence electrons. The SMILES string of the molecule is CCOC(=O)[C@@H]1C(=O)C=C(c2ccco2)C[C@@H]1c1cc(OC)ccc1OC. The third-order valence-corrected chi connectivity index (χ3v) is 4.68. The molecule has 0 N–H and O–H groups in total. The minimum atomic E-state index is -0.940. The highest BCUT2D eigenvalue weighted by Gasteiger charge is 2.41. The number of hydrogen-bond acceptors (Lipinski definition) is 6. The third-order valence-electron chi connectivity index (χ3n) is 4.68. The monoisotopic (exact) mass is 370 g/mol. The second-order valence-corrected chi connectivity index (χ2v) is 6.20. The van der Waals surface area contributed by atoms with Gasteiger partial charge in [0.1, 0.15) is 23.2 Å². The average Bonchev–Trinajstić information content (AvgIpc) is 3.21. The van der Waals surface area contributed by atoms with Gasteiger partial charge in [-0.25, -0.2) is 0 Å². The molecule has 0 spiro atoms. The van der Waals surface area contributed by atoms with Crippen LogP contribution in [-0.4, -0.2) is 32.6 Å². The first kappa shape index (κ1) is 18.8. The molecule has 6 nitrogen and oxygen atoms in total. The molecule has 0 bridgehead atoms. The normalized spacial score (nSPS) is 19.4. The van der Waals surface area contributed by atoms with Crippen molar-refractivity contribution in [2.24, 2.45) is 5.92 Å². The Balaban J connectivity index is 2.10. The molecule has 27 heavy (non-hydrogen) atoms. The lowest BCUT2D eigenvalue weighted by atomic mass is 9.74. The van der Waals surface area contributed by atoms with Crippen molar-refractivity contribution in [1.29, 1.82) is 0 Å². The highest BCUT2D eigenvalue weighted by molar-refractivity contribution is 6.10. The van der Waals surface area contributed by atoms with E-state index in [-0.39, 0.29) is 12.4 Å². The summed E-state index contributed by atoms with van der Waals surface area (Å²) in [6, 6.07) is 8.90. The van der Waals surface area contributed by atoms with Gasteiger partial charge in [-0.3, -0.25) is 9.59 Å². The van der Waals surface area contributed by atoms with Crippen molar-refractivity contribution in [2.45, 2.75) is 19.3 Å². The molecule has 2 aromatic rings. The maximum absolute atomic E-state index is 12.9. The first-order valence-electron chi connectivity index (χ1n) is 8.75. The van der Waals surface area contributed by atoms with E-state index in [1.807, 2.05) is 0 Å². The summed E-state index contributed by atoms with van der Waals surface area (Å²) in [5.41, 5.74) is 1.46. The van der Waals surface area contributed by atoms with Crippen molar-refractivity contribution in [1.82, 2.24) is 0 Å². The molecule has 0 amide bonds. The zero-order valence-corrected chi connectivity index (χ0v) is 15.6. The molecule has 1 aliphatic rings. The Labute approximate surface area is 157 Å². The standard InChI is InChI=1S/C21H22O6/c1-4-26-21(23)20-16(15-12-14(24-2)7-8-19(15)25-3)10-13(11-17(20)22)18-6-5-9-27-18/h5-9,11-12,16,20H,4,10H2,1-3H3/t16-,20+/m1/s1. The molecule has 3 rings (SSSR count).